The summed E-state index contributed by atoms with van der Waals surface area (Å²) in [6.45, 7) is 1.15. The first-order valence-corrected chi connectivity index (χ1v) is 8.27. The molecule has 1 saturated heterocycles. The van der Waals surface area contributed by atoms with Crippen LogP contribution in [0, 0.1) is 0 Å². The Kier molecular flexibility index (Phi) is 5.14. The maximum atomic E-state index is 13.0. The van der Waals surface area contributed by atoms with Gasteiger partial charge in [0, 0.05) is 13.1 Å². The Morgan fingerprint density at radius 3 is 2.39 bits per heavy atom. The molecule has 9 heteroatoms. The second-order valence-corrected chi connectivity index (χ2v) is 6.34. The number of hydrogen-bond donors (Lipinski definition) is 3. The van der Waals surface area contributed by atoms with Gasteiger partial charge in [-0.1, -0.05) is 36.4 Å². The molecule has 3 N–H and O–H groups in total. The molecule has 2 aliphatic heterocycles. The van der Waals surface area contributed by atoms with Crippen molar-refractivity contribution in [3.63, 3.8) is 0 Å². The van der Waals surface area contributed by atoms with Crippen LogP contribution in [0.1, 0.15) is 28.4 Å². The van der Waals surface area contributed by atoms with Gasteiger partial charge in [-0.3, -0.25) is 0 Å². The van der Waals surface area contributed by atoms with Crippen LogP contribution in [-0.2, 0) is 26.1 Å². The molecule has 0 spiro atoms. The van der Waals surface area contributed by atoms with Crippen molar-refractivity contribution in [2.75, 3.05) is 13.1 Å². The lowest BCUT2D eigenvalue weighted by Crippen LogP contribution is -2.44. The lowest BCUT2D eigenvalue weighted by molar-refractivity contribution is -0.159. The second kappa shape index (κ2) is 7.25. The molecule has 4 rings (SSSR count). The van der Waals surface area contributed by atoms with Crippen LogP contribution in [0.4, 0.5) is 13.2 Å². The summed E-state index contributed by atoms with van der Waals surface area (Å²) < 4.78 is 45.2. The summed E-state index contributed by atoms with van der Waals surface area (Å²) in [5.74, 6) is -3.65. The van der Waals surface area contributed by atoms with Gasteiger partial charge in [0.05, 0.1) is 11.7 Å². The number of carboxylic acids is 2. The van der Waals surface area contributed by atoms with E-state index >= 15 is 0 Å². The van der Waals surface area contributed by atoms with Gasteiger partial charge in [0.25, 0.3) is 0 Å². The molecular weight excluding hydrogens is 379 g/mol. The first-order chi connectivity index (χ1) is 13.1. The van der Waals surface area contributed by atoms with Gasteiger partial charge in [-0.25, -0.2) is 9.59 Å². The highest BCUT2D eigenvalue weighted by atomic mass is 19.4. The molecule has 0 amide bonds. The summed E-state index contributed by atoms with van der Waals surface area (Å²) >= 11 is 0. The van der Waals surface area contributed by atoms with E-state index in [1.54, 1.807) is 6.07 Å². The Balaban J connectivity index is 0.000000330. The lowest BCUT2D eigenvalue weighted by Gasteiger charge is -2.35. The van der Waals surface area contributed by atoms with Crippen molar-refractivity contribution in [3.05, 3.63) is 70.8 Å². The van der Waals surface area contributed by atoms with E-state index in [1.807, 2.05) is 24.3 Å². The fraction of sp³-hybridized carbons (Fsp3) is 0.263. The summed E-state index contributed by atoms with van der Waals surface area (Å²) in [5.41, 5.74) is 1.09. The molecule has 148 valence electrons. The van der Waals surface area contributed by atoms with E-state index in [4.69, 9.17) is 24.5 Å². The number of morpholine rings is 1. The van der Waals surface area contributed by atoms with Crippen molar-refractivity contribution in [1.82, 2.24) is 5.32 Å². The zero-order valence-electron chi connectivity index (χ0n) is 14.4. The number of carboxylic acid groups (broad SMARTS) is 2. The van der Waals surface area contributed by atoms with E-state index in [0.29, 0.717) is 18.7 Å². The van der Waals surface area contributed by atoms with Gasteiger partial charge < -0.3 is 20.3 Å². The van der Waals surface area contributed by atoms with Gasteiger partial charge in [-0.2, -0.15) is 13.2 Å². The van der Waals surface area contributed by atoms with Gasteiger partial charge in [-0.05, 0) is 28.8 Å². The van der Waals surface area contributed by atoms with E-state index in [0.717, 1.165) is 17.2 Å². The lowest BCUT2D eigenvalue weighted by atomic mass is 9.85. The van der Waals surface area contributed by atoms with Crippen molar-refractivity contribution in [1.29, 1.82) is 0 Å². The van der Waals surface area contributed by atoms with Crippen molar-refractivity contribution in [3.8, 4) is 0 Å². The zero-order valence-corrected chi connectivity index (χ0v) is 14.4. The number of carbonyl (C=O) groups is 2. The van der Waals surface area contributed by atoms with E-state index in [1.165, 1.54) is 12.1 Å². The molecule has 2 aromatic rings. The Hall–Kier alpha value is -2.91. The number of alkyl halides is 3. The molecule has 2 atom stereocenters. The van der Waals surface area contributed by atoms with Crippen LogP contribution in [0.3, 0.4) is 0 Å². The first-order valence-electron chi connectivity index (χ1n) is 8.27. The molecule has 0 radical (unpaired) electrons. The smallest absolute Gasteiger partial charge is 0.416 e. The van der Waals surface area contributed by atoms with Gasteiger partial charge >= 0.3 is 18.1 Å². The minimum atomic E-state index is -4.35. The van der Waals surface area contributed by atoms with Gasteiger partial charge in [0.15, 0.2) is 0 Å². The topological polar surface area (TPSA) is 95.9 Å². The molecule has 2 aromatic carbocycles. The molecule has 6 nitrogen and oxygen atoms in total. The molecule has 28 heavy (non-hydrogen) atoms. The Morgan fingerprint density at radius 2 is 1.75 bits per heavy atom. The van der Waals surface area contributed by atoms with Crippen molar-refractivity contribution in [2.24, 2.45) is 0 Å². The largest absolute Gasteiger partial charge is 0.473 e. The first kappa shape index (κ1) is 19.8. The maximum absolute atomic E-state index is 13.0. The van der Waals surface area contributed by atoms with Crippen LogP contribution >= 0.6 is 0 Å². The van der Waals surface area contributed by atoms with Gasteiger partial charge in [0.1, 0.15) is 5.60 Å². The normalized spacial score (nSPS) is 22.6. The van der Waals surface area contributed by atoms with Crippen LogP contribution in [-0.4, -0.2) is 35.2 Å². The highest BCUT2D eigenvalue weighted by molar-refractivity contribution is 6.27. The summed E-state index contributed by atoms with van der Waals surface area (Å²) in [7, 11) is 0. The monoisotopic (exact) mass is 395 g/mol. The summed E-state index contributed by atoms with van der Waals surface area (Å²) in [4.78, 5) is 18.2. The zero-order chi connectivity index (χ0) is 20.5. The standard InChI is InChI=1S/C17H14F3NO.C2H2O4/c18-17(19,20)12-5-3-4-11(8-12)16-10-21-9-15(22-16)13-6-1-2-7-14(13)16;3-1(4)2(5)6/h1-8,15,21H,9-10H2;(H,3,4)(H,5,6). The Labute approximate surface area is 157 Å². The third-order valence-electron chi connectivity index (χ3n) is 4.63. The minimum absolute atomic E-state index is 0.112. The third kappa shape index (κ3) is 3.58. The summed E-state index contributed by atoms with van der Waals surface area (Å²) in [6, 6.07) is 13.2. The number of hydrogen-bond acceptors (Lipinski definition) is 4. The predicted octanol–water partition coefficient (Wildman–Crippen LogP) is 2.78. The van der Waals surface area contributed by atoms with E-state index in [-0.39, 0.29) is 6.10 Å². The van der Waals surface area contributed by atoms with Crippen LogP contribution in [0.25, 0.3) is 0 Å². The fourth-order valence-electron chi connectivity index (χ4n) is 3.46. The van der Waals surface area contributed by atoms with E-state index < -0.39 is 29.3 Å². The number of ether oxygens (including phenoxy) is 1. The van der Waals surface area contributed by atoms with Crippen LogP contribution in [0.5, 0.6) is 0 Å². The summed E-state index contributed by atoms with van der Waals surface area (Å²) in [6.07, 6.45) is -4.47. The minimum Gasteiger partial charge on any atom is -0.473 e. The van der Waals surface area contributed by atoms with Crippen LogP contribution in [0.2, 0.25) is 0 Å². The molecule has 2 heterocycles. The fourth-order valence-corrected chi connectivity index (χ4v) is 3.46. The molecule has 2 aliphatic rings. The molecule has 0 aliphatic carbocycles. The maximum Gasteiger partial charge on any atom is 0.416 e. The number of benzene rings is 2. The van der Waals surface area contributed by atoms with Gasteiger partial charge in [0.2, 0.25) is 0 Å². The van der Waals surface area contributed by atoms with Gasteiger partial charge in [-0.15, -0.1) is 0 Å². The van der Waals surface area contributed by atoms with Crippen LogP contribution < -0.4 is 5.32 Å². The number of nitrogens with one attached hydrogen (secondary N) is 1. The highest BCUT2D eigenvalue weighted by Gasteiger charge is 2.49. The van der Waals surface area contributed by atoms with Crippen molar-refractivity contribution in [2.45, 2.75) is 17.9 Å². The third-order valence-corrected chi connectivity index (χ3v) is 4.63. The average Bonchev–Trinajstić information content (AvgIpc) is 2.90. The number of fused-ring (bicyclic) bond motifs is 5. The number of halogens is 3. The predicted molar refractivity (Wildman–Crippen MR) is 90.6 cm³/mol. The summed E-state index contributed by atoms with van der Waals surface area (Å²) in [5, 5.41) is 18.1. The number of rotatable bonds is 1. The van der Waals surface area contributed by atoms with Crippen molar-refractivity contribution < 1.29 is 37.7 Å². The van der Waals surface area contributed by atoms with Crippen molar-refractivity contribution >= 4 is 11.9 Å². The molecule has 1 fully saturated rings. The molecule has 0 saturated carbocycles. The van der Waals surface area contributed by atoms with E-state index in [9.17, 15) is 13.2 Å². The van der Waals surface area contributed by atoms with Crippen LogP contribution in [0.15, 0.2) is 48.5 Å². The molecular formula is C19H16F3NO5. The Morgan fingerprint density at radius 1 is 1.07 bits per heavy atom. The molecule has 2 unspecified atom stereocenters. The van der Waals surface area contributed by atoms with E-state index in [2.05, 4.69) is 5.32 Å². The number of aliphatic carboxylic acids is 2. The second-order valence-electron chi connectivity index (χ2n) is 6.34. The average molecular weight is 395 g/mol. The highest BCUT2D eigenvalue weighted by Crippen LogP contribution is 2.49. The SMILES string of the molecule is FC(F)(F)c1cccc(C23CNCC(O2)c2ccccc23)c1.O=C(O)C(=O)O. The quantitative estimate of drug-likeness (QED) is 0.643. The molecule has 2 bridgehead atoms. The molecule has 0 aromatic heterocycles. The Bertz CT molecular complexity index is 902.